The number of fused-ring (bicyclic) bond motifs is 1. The minimum atomic E-state index is -0.861. The molecule has 11 heteroatoms. The van der Waals surface area contributed by atoms with Gasteiger partial charge in [0.05, 0.1) is 0 Å². The molecular weight excluding hydrogens is 702 g/mol. The van der Waals surface area contributed by atoms with Crippen molar-refractivity contribution in [2.75, 3.05) is 44.6 Å². The highest BCUT2D eigenvalue weighted by Crippen LogP contribution is 2.41. The number of hydrogen-bond acceptors (Lipinski definition) is 6. The van der Waals surface area contributed by atoms with Gasteiger partial charge < -0.3 is 25.1 Å². The molecule has 0 saturated carbocycles. The van der Waals surface area contributed by atoms with Crippen LogP contribution < -0.4 is 10.6 Å². The van der Waals surface area contributed by atoms with Crippen LogP contribution >= 0.6 is 31.9 Å². The number of piperidine rings is 3. The number of likely N-dealkylation sites (tertiary alicyclic amines) is 2. The van der Waals surface area contributed by atoms with Crippen LogP contribution in [0.25, 0.3) is 0 Å². The van der Waals surface area contributed by atoms with Crippen molar-refractivity contribution < 1.29 is 19.1 Å². The van der Waals surface area contributed by atoms with Crippen LogP contribution in [-0.2, 0) is 22.6 Å². The Bertz CT molecular complexity index is 1380. The first-order valence-corrected chi connectivity index (χ1v) is 17.9. The maximum Gasteiger partial charge on any atom is 0.411 e. The first-order chi connectivity index (χ1) is 21.9. The summed E-state index contributed by atoms with van der Waals surface area (Å²) in [6.07, 6.45) is 7.11. The number of urea groups is 1. The predicted molar refractivity (Wildman–Crippen MR) is 181 cm³/mol. The van der Waals surface area contributed by atoms with Gasteiger partial charge in [-0.1, -0.05) is 24.3 Å². The molecule has 6 rings (SSSR count). The monoisotopic (exact) mass is 743 g/mol. The zero-order valence-electron chi connectivity index (χ0n) is 25.7. The molecule has 0 spiro atoms. The normalized spacial score (nSPS) is 25.3. The van der Waals surface area contributed by atoms with E-state index in [2.05, 4.69) is 53.5 Å². The molecule has 2 atom stereocenters. The molecule has 4 aliphatic heterocycles. The van der Waals surface area contributed by atoms with Gasteiger partial charge in [-0.2, -0.15) is 0 Å². The van der Waals surface area contributed by atoms with Gasteiger partial charge in [-0.25, -0.2) is 9.59 Å². The van der Waals surface area contributed by atoms with Crippen molar-refractivity contribution in [3.63, 3.8) is 0 Å². The SMILES string of the molecule is O=CC[C@@]1(N2CCC(C3CCNCC3)CC2)C[C@H](N2CCc3ccccc3NC2=O)CCN1C(=O)OCc1ccc(Br)c(Br)c1. The van der Waals surface area contributed by atoms with Gasteiger partial charge in [-0.3, -0.25) is 9.80 Å². The van der Waals surface area contributed by atoms with E-state index >= 15 is 0 Å². The van der Waals surface area contributed by atoms with E-state index in [1.54, 1.807) is 4.90 Å². The van der Waals surface area contributed by atoms with Crippen molar-refractivity contribution in [3.8, 4) is 0 Å². The maximum atomic E-state index is 14.0. The summed E-state index contributed by atoms with van der Waals surface area (Å²) in [4.78, 5) is 46.1. The number of anilines is 1. The Morgan fingerprint density at radius 3 is 2.47 bits per heavy atom. The van der Waals surface area contributed by atoms with E-state index in [1.807, 2.05) is 41.3 Å². The second kappa shape index (κ2) is 14.5. The van der Waals surface area contributed by atoms with Crippen LogP contribution in [0.3, 0.4) is 0 Å². The third kappa shape index (κ3) is 7.11. The molecule has 3 amide bonds. The molecule has 242 valence electrons. The predicted octanol–water partition coefficient (Wildman–Crippen LogP) is 6.40. The van der Waals surface area contributed by atoms with Crippen molar-refractivity contribution in [3.05, 3.63) is 62.5 Å². The molecule has 2 aromatic carbocycles. The lowest BCUT2D eigenvalue weighted by Gasteiger charge is -2.56. The van der Waals surface area contributed by atoms with E-state index in [0.717, 1.165) is 83.4 Å². The number of carbonyl (C=O) groups excluding carboxylic acids is 3. The number of ether oxygens (including phenoxy) is 1. The Morgan fingerprint density at radius 1 is 0.956 bits per heavy atom. The molecule has 0 bridgehead atoms. The van der Waals surface area contributed by atoms with Gasteiger partial charge in [-0.15, -0.1) is 0 Å². The Balaban J connectivity index is 1.24. The largest absolute Gasteiger partial charge is 0.445 e. The molecule has 4 heterocycles. The number of benzene rings is 2. The standard InChI is InChI=1S/C34H43Br2N5O4/c35-29-6-5-24(21-30(29)36)23-45-33(44)41-19-12-28(40-18-11-27-3-1-2-4-31(27)38-32(40)43)22-34(41,13-20-42)39-16-9-26(10-17-39)25-7-14-37-15-8-25/h1-6,20-21,25-26,28,37H,7-19,22-23H2,(H,38,43)/t28-,34+/m1/s1. The van der Waals surface area contributed by atoms with E-state index in [4.69, 9.17) is 4.74 Å². The van der Waals surface area contributed by atoms with Crippen molar-refractivity contribution in [1.29, 1.82) is 0 Å². The molecule has 0 aromatic heterocycles. The Hall–Kier alpha value is -2.47. The molecular formula is C34H43Br2N5O4. The number of para-hydroxylation sites is 1. The summed E-state index contributed by atoms with van der Waals surface area (Å²) >= 11 is 7.03. The average molecular weight is 746 g/mol. The van der Waals surface area contributed by atoms with Crippen LogP contribution in [0.4, 0.5) is 15.3 Å². The zero-order valence-corrected chi connectivity index (χ0v) is 28.9. The van der Waals surface area contributed by atoms with Gasteiger partial charge in [0.15, 0.2) is 0 Å². The van der Waals surface area contributed by atoms with Crippen LogP contribution in [0.5, 0.6) is 0 Å². The lowest BCUT2D eigenvalue weighted by molar-refractivity contribution is -0.128. The van der Waals surface area contributed by atoms with Gasteiger partial charge in [0.25, 0.3) is 0 Å². The van der Waals surface area contributed by atoms with Crippen LogP contribution in [0.1, 0.15) is 56.1 Å². The van der Waals surface area contributed by atoms with Crippen molar-refractivity contribution in [1.82, 2.24) is 20.0 Å². The highest BCUT2D eigenvalue weighted by Gasteiger charge is 2.52. The molecule has 3 saturated heterocycles. The van der Waals surface area contributed by atoms with E-state index in [0.29, 0.717) is 31.8 Å². The number of nitrogens with one attached hydrogen (secondary N) is 2. The minimum Gasteiger partial charge on any atom is -0.445 e. The van der Waals surface area contributed by atoms with Crippen LogP contribution in [0.2, 0.25) is 0 Å². The fourth-order valence-corrected chi connectivity index (χ4v) is 8.73. The van der Waals surface area contributed by atoms with Gasteiger partial charge >= 0.3 is 12.1 Å². The number of rotatable bonds is 7. The van der Waals surface area contributed by atoms with Crippen LogP contribution in [-0.4, -0.2) is 84.1 Å². The Morgan fingerprint density at radius 2 is 1.71 bits per heavy atom. The van der Waals surface area contributed by atoms with E-state index in [-0.39, 0.29) is 25.1 Å². The fourth-order valence-electron chi connectivity index (χ4n) is 8.05. The topological polar surface area (TPSA) is 94.2 Å². The van der Waals surface area contributed by atoms with Gasteiger partial charge in [0.1, 0.15) is 18.6 Å². The lowest BCUT2D eigenvalue weighted by Crippen LogP contribution is -2.69. The molecule has 2 aromatic rings. The number of amides is 3. The fraction of sp³-hybridized carbons (Fsp3) is 0.559. The lowest BCUT2D eigenvalue weighted by atomic mass is 9.77. The second-order valence-electron chi connectivity index (χ2n) is 12.9. The van der Waals surface area contributed by atoms with E-state index in [1.165, 1.54) is 12.8 Å². The third-order valence-corrected chi connectivity index (χ3v) is 12.4. The van der Waals surface area contributed by atoms with Crippen molar-refractivity contribution in [2.24, 2.45) is 11.8 Å². The summed E-state index contributed by atoms with van der Waals surface area (Å²) in [5, 5.41) is 6.60. The molecule has 2 N–H and O–H groups in total. The quantitative estimate of drug-likeness (QED) is 0.319. The molecule has 0 unspecified atom stereocenters. The smallest absolute Gasteiger partial charge is 0.411 e. The van der Waals surface area contributed by atoms with Crippen molar-refractivity contribution >= 4 is 56.0 Å². The molecule has 9 nitrogen and oxygen atoms in total. The number of hydrogen-bond donors (Lipinski definition) is 2. The molecule has 0 radical (unpaired) electrons. The van der Waals surface area contributed by atoms with Gasteiger partial charge in [0.2, 0.25) is 0 Å². The zero-order chi connectivity index (χ0) is 31.4. The summed E-state index contributed by atoms with van der Waals surface area (Å²) in [6, 6.07) is 13.5. The van der Waals surface area contributed by atoms with E-state index in [9.17, 15) is 14.4 Å². The maximum absolute atomic E-state index is 14.0. The number of aldehydes is 1. The highest BCUT2D eigenvalue weighted by molar-refractivity contribution is 9.13. The number of nitrogens with zero attached hydrogens (tertiary/aromatic N) is 3. The first kappa shape index (κ1) is 32.5. The van der Waals surface area contributed by atoms with Crippen LogP contribution in [0.15, 0.2) is 51.4 Å². The van der Waals surface area contributed by atoms with Crippen LogP contribution in [0, 0.1) is 11.8 Å². The molecule has 45 heavy (non-hydrogen) atoms. The minimum absolute atomic E-state index is 0.118. The number of carbonyl (C=O) groups is 3. The molecule has 3 fully saturated rings. The third-order valence-electron chi connectivity index (χ3n) is 10.5. The van der Waals surface area contributed by atoms with Crippen molar-refractivity contribution in [2.45, 2.75) is 69.7 Å². The Labute approximate surface area is 282 Å². The van der Waals surface area contributed by atoms with E-state index < -0.39 is 11.8 Å². The highest BCUT2D eigenvalue weighted by atomic mass is 79.9. The summed E-state index contributed by atoms with van der Waals surface area (Å²) in [5.74, 6) is 1.38. The Kier molecular flexibility index (Phi) is 10.5. The summed E-state index contributed by atoms with van der Waals surface area (Å²) in [7, 11) is 0. The average Bonchev–Trinajstić information content (AvgIpc) is 3.23. The second-order valence-corrected chi connectivity index (χ2v) is 14.6. The van der Waals surface area contributed by atoms with Gasteiger partial charge in [0, 0.05) is 59.7 Å². The summed E-state index contributed by atoms with van der Waals surface area (Å²) in [5.41, 5.74) is 1.98. The number of halogens is 2. The summed E-state index contributed by atoms with van der Waals surface area (Å²) in [6.45, 7) is 4.92. The first-order valence-electron chi connectivity index (χ1n) is 16.3. The summed E-state index contributed by atoms with van der Waals surface area (Å²) < 4.78 is 7.76. The van der Waals surface area contributed by atoms with Gasteiger partial charge in [-0.05, 0) is 125 Å². The molecule has 4 aliphatic rings. The molecule has 0 aliphatic carbocycles.